The van der Waals surface area contributed by atoms with Crippen LogP contribution in [0.5, 0.6) is 0 Å². The van der Waals surface area contributed by atoms with Crippen LogP contribution in [0.3, 0.4) is 0 Å². The summed E-state index contributed by atoms with van der Waals surface area (Å²) >= 11 is 0. The highest BCUT2D eigenvalue weighted by Gasteiger charge is 2.21. The third-order valence-corrected chi connectivity index (χ3v) is 2.95. The summed E-state index contributed by atoms with van der Waals surface area (Å²) in [6, 6.07) is 0. The summed E-state index contributed by atoms with van der Waals surface area (Å²) in [6.45, 7) is 1.74. The number of likely N-dealkylation sites (N-methyl/N-ethyl adjacent to an activating group) is 2. The van der Waals surface area contributed by atoms with Crippen LogP contribution in [0.1, 0.15) is 13.3 Å². The van der Waals surface area contributed by atoms with E-state index in [-0.39, 0.29) is 18.4 Å². The van der Waals surface area contributed by atoms with Crippen LogP contribution in [-0.2, 0) is 9.59 Å². The Labute approximate surface area is 115 Å². The van der Waals surface area contributed by atoms with Crippen LogP contribution in [0.2, 0.25) is 0 Å². The molecule has 108 valence electrons. The Kier molecular flexibility index (Phi) is 7.08. The lowest BCUT2D eigenvalue weighted by molar-refractivity contribution is -0.124. The lowest BCUT2D eigenvalue weighted by Crippen LogP contribution is -2.24. The van der Waals surface area contributed by atoms with Crippen LogP contribution in [0.25, 0.3) is 0 Å². The number of carbonyl (C=O) groups excluding carboxylic acids is 2. The Morgan fingerprint density at radius 2 is 1.37 bits per heavy atom. The van der Waals surface area contributed by atoms with Gasteiger partial charge in [0.05, 0.1) is 6.61 Å². The first-order valence-corrected chi connectivity index (χ1v) is 6.20. The minimum atomic E-state index is -0.683. The Balaban J connectivity index is 5.06. The van der Waals surface area contributed by atoms with Crippen molar-refractivity contribution >= 4 is 11.8 Å². The van der Waals surface area contributed by atoms with Gasteiger partial charge in [-0.25, -0.2) is 0 Å². The first-order valence-electron chi connectivity index (χ1n) is 6.20. The molecule has 5 heteroatoms. The highest BCUT2D eigenvalue weighted by atomic mass is 16.3. The zero-order valence-corrected chi connectivity index (χ0v) is 12.4. The number of carbonyl (C=O) groups is 2. The van der Waals surface area contributed by atoms with E-state index in [0.29, 0.717) is 6.42 Å². The van der Waals surface area contributed by atoms with Gasteiger partial charge in [0, 0.05) is 45.8 Å². The van der Waals surface area contributed by atoms with E-state index < -0.39 is 5.41 Å². The summed E-state index contributed by atoms with van der Waals surface area (Å²) in [5.74, 6) is -0.308. The van der Waals surface area contributed by atoms with Crippen molar-refractivity contribution in [3.8, 4) is 0 Å². The van der Waals surface area contributed by atoms with Gasteiger partial charge in [-0.2, -0.15) is 0 Å². The molecule has 0 saturated carbocycles. The Morgan fingerprint density at radius 3 is 1.58 bits per heavy atom. The van der Waals surface area contributed by atoms with E-state index in [0.717, 1.165) is 0 Å². The standard InChI is InChI=1S/C14H24N2O3/c1-6-14(11-17,9-7-12(18)15(2)3)10-8-13(19)16(4)5/h7-10,17H,6,11H2,1-5H3. The fraction of sp³-hybridized carbons (Fsp3) is 0.571. The summed E-state index contributed by atoms with van der Waals surface area (Å²) in [6.07, 6.45) is 6.73. The van der Waals surface area contributed by atoms with Crippen LogP contribution < -0.4 is 0 Å². The summed E-state index contributed by atoms with van der Waals surface area (Å²) in [7, 11) is 6.63. The molecular weight excluding hydrogens is 244 g/mol. The Bertz CT molecular complexity index is 335. The van der Waals surface area contributed by atoms with Gasteiger partial charge < -0.3 is 14.9 Å². The molecule has 19 heavy (non-hydrogen) atoms. The Morgan fingerprint density at radius 1 is 1.00 bits per heavy atom. The lowest BCUT2D eigenvalue weighted by Gasteiger charge is -2.23. The van der Waals surface area contributed by atoms with E-state index in [1.54, 1.807) is 40.3 Å². The van der Waals surface area contributed by atoms with Crippen molar-refractivity contribution in [1.82, 2.24) is 9.80 Å². The molecule has 0 rings (SSSR count). The van der Waals surface area contributed by atoms with E-state index >= 15 is 0 Å². The molecule has 0 heterocycles. The molecule has 0 aromatic heterocycles. The van der Waals surface area contributed by atoms with Gasteiger partial charge in [0.25, 0.3) is 0 Å². The van der Waals surface area contributed by atoms with Crippen LogP contribution in [0, 0.1) is 5.41 Å². The van der Waals surface area contributed by atoms with Gasteiger partial charge in [0.2, 0.25) is 11.8 Å². The minimum Gasteiger partial charge on any atom is -0.395 e. The summed E-state index contributed by atoms with van der Waals surface area (Å²) in [4.78, 5) is 25.9. The van der Waals surface area contributed by atoms with Crippen LogP contribution in [-0.4, -0.2) is 61.5 Å². The van der Waals surface area contributed by atoms with Crippen LogP contribution in [0.15, 0.2) is 24.3 Å². The van der Waals surface area contributed by atoms with Crippen molar-refractivity contribution in [2.75, 3.05) is 34.8 Å². The van der Waals surface area contributed by atoms with Crippen LogP contribution in [0.4, 0.5) is 0 Å². The summed E-state index contributed by atoms with van der Waals surface area (Å²) < 4.78 is 0. The van der Waals surface area contributed by atoms with E-state index in [9.17, 15) is 14.7 Å². The molecule has 0 aliphatic rings. The number of rotatable bonds is 6. The van der Waals surface area contributed by atoms with Crippen molar-refractivity contribution in [3.05, 3.63) is 24.3 Å². The summed E-state index contributed by atoms with van der Waals surface area (Å²) in [5.41, 5.74) is -0.683. The quantitative estimate of drug-likeness (QED) is 0.720. The second-order valence-corrected chi connectivity index (χ2v) is 4.88. The highest BCUT2D eigenvalue weighted by Crippen LogP contribution is 2.25. The van der Waals surface area contributed by atoms with Gasteiger partial charge in [-0.3, -0.25) is 9.59 Å². The van der Waals surface area contributed by atoms with E-state index in [4.69, 9.17) is 0 Å². The molecule has 0 atom stereocenters. The number of hydrogen-bond acceptors (Lipinski definition) is 3. The van der Waals surface area contributed by atoms with Gasteiger partial charge >= 0.3 is 0 Å². The fourth-order valence-electron chi connectivity index (χ4n) is 1.28. The van der Waals surface area contributed by atoms with E-state index in [2.05, 4.69) is 0 Å². The number of nitrogens with zero attached hydrogens (tertiary/aromatic N) is 2. The number of hydrogen-bond donors (Lipinski definition) is 1. The second kappa shape index (κ2) is 7.74. The van der Waals surface area contributed by atoms with Crippen molar-refractivity contribution < 1.29 is 14.7 Å². The number of aliphatic hydroxyl groups is 1. The van der Waals surface area contributed by atoms with Gasteiger partial charge in [0.15, 0.2) is 0 Å². The molecule has 0 aliphatic carbocycles. The molecule has 1 N–H and O–H groups in total. The SMILES string of the molecule is CCC(C=CC(=O)N(C)C)(C=CC(=O)N(C)C)CO. The topological polar surface area (TPSA) is 60.9 Å². The second-order valence-electron chi connectivity index (χ2n) is 4.88. The van der Waals surface area contributed by atoms with Crippen LogP contribution >= 0.6 is 0 Å². The highest BCUT2D eigenvalue weighted by molar-refractivity contribution is 5.88. The molecule has 0 unspecified atom stereocenters. The molecule has 0 spiro atoms. The Hall–Kier alpha value is -1.62. The number of aliphatic hydroxyl groups excluding tert-OH is 1. The predicted molar refractivity (Wildman–Crippen MR) is 75.5 cm³/mol. The molecule has 0 radical (unpaired) electrons. The van der Waals surface area contributed by atoms with E-state index in [1.807, 2.05) is 6.92 Å². The first-order chi connectivity index (χ1) is 8.78. The normalized spacial score (nSPS) is 14.6. The van der Waals surface area contributed by atoms with Crippen molar-refractivity contribution in [2.24, 2.45) is 5.41 Å². The largest absolute Gasteiger partial charge is 0.395 e. The average Bonchev–Trinajstić information content (AvgIpc) is 2.38. The van der Waals surface area contributed by atoms with Crippen molar-refractivity contribution in [3.63, 3.8) is 0 Å². The molecule has 0 aliphatic heterocycles. The lowest BCUT2D eigenvalue weighted by atomic mass is 9.85. The first kappa shape index (κ1) is 17.4. The monoisotopic (exact) mass is 268 g/mol. The fourth-order valence-corrected chi connectivity index (χ4v) is 1.28. The number of amides is 2. The zero-order valence-electron chi connectivity index (χ0n) is 12.4. The van der Waals surface area contributed by atoms with E-state index in [1.165, 1.54) is 22.0 Å². The van der Waals surface area contributed by atoms with Crippen molar-refractivity contribution in [2.45, 2.75) is 13.3 Å². The molecule has 0 fully saturated rings. The molecule has 0 aromatic carbocycles. The molecule has 0 saturated heterocycles. The zero-order chi connectivity index (χ0) is 15.1. The molecule has 5 nitrogen and oxygen atoms in total. The maximum Gasteiger partial charge on any atom is 0.245 e. The maximum absolute atomic E-state index is 11.5. The van der Waals surface area contributed by atoms with Crippen molar-refractivity contribution in [1.29, 1.82) is 0 Å². The van der Waals surface area contributed by atoms with Gasteiger partial charge in [0.1, 0.15) is 0 Å². The minimum absolute atomic E-state index is 0.154. The molecule has 2 amide bonds. The third kappa shape index (κ3) is 5.70. The van der Waals surface area contributed by atoms with Gasteiger partial charge in [-0.1, -0.05) is 19.1 Å². The average molecular weight is 268 g/mol. The molecule has 0 aromatic rings. The smallest absolute Gasteiger partial charge is 0.245 e. The molecule has 0 bridgehead atoms. The maximum atomic E-state index is 11.5. The van der Waals surface area contributed by atoms with Gasteiger partial charge in [-0.15, -0.1) is 0 Å². The third-order valence-electron chi connectivity index (χ3n) is 2.95. The summed E-state index contributed by atoms with van der Waals surface area (Å²) in [5, 5.41) is 9.53. The van der Waals surface area contributed by atoms with Gasteiger partial charge in [-0.05, 0) is 6.42 Å². The predicted octanol–water partition coefficient (Wildman–Crippen LogP) is 0.664. The molecular formula is C14H24N2O3.